The van der Waals surface area contributed by atoms with Crippen molar-refractivity contribution in [2.75, 3.05) is 13.2 Å². The van der Waals surface area contributed by atoms with Gasteiger partial charge in [0.15, 0.2) is 0 Å². The first kappa shape index (κ1) is 13.6. The maximum Gasteiger partial charge on any atom is 0.405 e. The van der Waals surface area contributed by atoms with Crippen LogP contribution in [0, 0.1) is 5.92 Å². The van der Waals surface area contributed by atoms with Crippen LogP contribution in [-0.4, -0.2) is 30.2 Å². The summed E-state index contributed by atoms with van der Waals surface area (Å²) in [6.45, 7) is -0.826. The van der Waals surface area contributed by atoms with Gasteiger partial charge in [-0.25, -0.2) is 4.98 Å². The van der Waals surface area contributed by atoms with Gasteiger partial charge in [-0.15, -0.1) is 0 Å². The van der Waals surface area contributed by atoms with Crippen LogP contribution in [0.3, 0.4) is 0 Å². The van der Waals surface area contributed by atoms with E-state index in [1.807, 2.05) is 0 Å². The normalized spacial score (nSPS) is 15.1. The number of aromatic nitrogens is 1. The van der Waals surface area contributed by atoms with Crippen molar-refractivity contribution < 1.29 is 22.7 Å². The third-order valence-corrected chi connectivity index (χ3v) is 2.61. The zero-order chi connectivity index (χ0) is 13.9. The van der Waals surface area contributed by atoms with Crippen molar-refractivity contribution in [2.45, 2.75) is 19.0 Å². The van der Waals surface area contributed by atoms with Crippen molar-refractivity contribution in [1.29, 1.82) is 0 Å². The summed E-state index contributed by atoms with van der Waals surface area (Å²) in [6.07, 6.45) is -0.851. The Morgan fingerprint density at radius 3 is 2.84 bits per heavy atom. The van der Waals surface area contributed by atoms with Gasteiger partial charge in [0.25, 0.3) is 5.91 Å². The monoisotopic (exact) mass is 274 g/mol. The summed E-state index contributed by atoms with van der Waals surface area (Å²) in [7, 11) is 0. The molecule has 0 radical (unpaired) electrons. The average Bonchev–Trinajstić information content (AvgIpc) is 3.17. The van der Waals surface area contributed by atoms with Crippen LogP contribution in [0.1, 0.15) is 23.2 Å². The predicted octanol–water partition coefficient (Wildman–Crippen LogP) is 2.16. The zero-order valence-corrected chi connectivity index (χ0v) is 10.0. The van der Waals surface area contributed by atoms with E-state index in [4.69, 9.17) is 4.74 Å². The topological polar surface area (TPSA) is 51.2 Å². The minimum absolute atomic E-state index is 0.102. The van der Waals surface area contributed by atoms with E-state index in [0.29, 0.717) is 12.5 Å². The molecule has 0 aliphatic heterocycles. The summed E-state index contributed by atoms with van der Waals surface area (Å²) in [5, 5.41) is 1.80. The van der Waals surface area contributed by atoms with Crippen LogP contribution < -0.4 is 10.1 Å². The molecule has 1 aromatic rings. The Kier molecular flexibility index (Phi) is 3.92. The highest BCUT2D eigenvalue weighted by Gasteiger charge is 2.28. The van der Waals surface area contributed by atoms with Gasteiger partial charge >= 0.3 is 6.18 Å². The third-order valence-electron chi connectivity index (χ3n) is 2.61. The van der Waals surface area contributed by atoms with E-state index in [1.165, 1.54) is 18.3 Å². The highest BCUT2D eigenvalue weighted by atomic mass is 19.4. The molecule has 1 saturated carbocycles. The Bertz CT molecular complexity index is 459. The van der Waals surface area contributed by atoms with E-state index >= 15 is 0 Å². The molecule has 104 valence electrons. The first-order valence-corrected chi connectivity index (χ1v) is 5.88. The predicted molar refractivity (Wildman–Crippen MR) is 60.8 cm³/mol. The van der Waals surface area contributed by atoms with Crippen molar-refractivity contribution in [1.82, 2.24) is 10.3 Å². The number of carbonyl (C=O) groups excluding carboxylic acids is 1. The number of nitrogens with zero attached hydrogens (tertiary/aromatic N) is 1. The van der Waals surface area contributed by atoms with Crippen molar-refractivity contribution >= 4 is 5.91 Å². The van der Waals surface area contributed by atoms with Gasteiger partial charge in [0.2, 0.25) is 5.88 Å². The third kappa shape index (κ3) is 4.76. The van der Waals surface area contributed by atoms with Crippen LogP contribution in [0.15, 0.2) is 18.3 Å². The molecule has 1 aliphatic rings. The number of alkyl halides is 3. The lowest BCUT2D eigenvalue weighted by Crippen LogP contribution is -2.33. The Hall–Kier alpha value is -1.79. The molecule has 1 aromatic heterocycles. The summed E-state index contributed by atoms with van der Waals surface area (Å²) in [4.78, 5) is 15.4. The second-order valence-corrected chi connectivity index (χ2v) is 4.43. The number of hydrogen-bond donors (Lipinski definition) is 1. The van der Waals surface area contributed by atoms with Crippen LogP contribution in [-0.2, 0) is 0 Å². The van der Waals surface area contributed by atoms with E-state index in [1.54, 1.807) is 5.32 Å². The molecule has 19 heavy (non-hydrogen) atoms. The fraction of sp³-hybridized carbons (Fsp3) is 0.500. The first-order valence-electron chi connectivity index (χ1n) is 5.88. The molecule has 2 rings (SSSR count). The van der Waals surface area contributed by atoms with E-state index < -0.39 is 18.6 Å². The molecule has 1 amide bonds. The Balaban J connectivity index is 1.90. The van der Waals surface area contributed by atoms with Gasteiger partial charge in [-0.1, -0.05) is 0 Å². The second kappa shape index (κ2) is 5.46. The summed E-state index contributed by atoms with van der Waals surface area (Å²) in [5.74, 6) is -0.00734. The maximum atomic E-state index is 12.0. The van der Waals surface area contributed by atoms with Crippen LogP contribution >= 0.6 is 0 Å². The van der Waals surface area contributed by atoms with Gasteiger partial charge in [-0.2, -0.15) is 13.2 Å². The minimum atomic E-state index is -4.42. The number of hydrogen-bond acceptors (Lipinski definition) is 3. The smallest absolute Gasteiger partial charge is 0.405 e. The van der Waals surface area contributed by atoms with Crippen LogP contribution in [0.25, 0.3) is 0 Å². The van der Waals surface area contributed by atoms with E-state index in [0.717, 1.165) is 12.8 Å². The maximum absolute atomic E-state index is 12.0. The molecule has 7 heteroatoms. The fourth-order valence-electron chi connectivity index (χ4n) is 1.40. The molecule has 0 bridgehead atoms. The molecule has 0 unspecified atom stereocenters. The highest BCUT2D eigenvalue weighted by Crippen LogP contribution is 2.29. The molecule has 1 aliphatic carbocycles. The van der Waals surface area contributed by atoms with Crippen molar-refractivity contribution in [2.24, 2.45) is 5.92 Å². The molecule has 0 atom stereocenters. The molecular formula is C12H13F3N2O2. The number of amides is 1. The first-order chi connectivity index (χ1) is 8.94. The van der Waals surface area contributed by atoms with Crippen LogP contribution in [0.5, 0.6) is 5.88 Å². The van der Waals surface area contributed by atoms with Crippen molar-refractivity contribution in [3.8, 4) is 5.88 Å². The Morgan fingerprint density at radius 1 is 1.47 bits per heavy atom. The van der Waals surface area contributed by atoms with Gasteiger partial charge < -0.3 is 10.1 Å². The average molecular weight is 274 g/mol. The molecule has 1 heterocycles. The second-order valence-electron chi connectivity index (χ2n) is 4.43. The molecule has 1 N–H and O–H groups in total. The molecule has 0 spiro atoms. The van der Waals surface area contributed by atoms with Gasteiger partial charge in [0.1, 0.15) is 6.54 Å². The van der Waals surface area contributed by atoms with Gasteiger partial charge in [-0.05, 0) is 24.8 Å². The van der Waals surface area contributed by atoms with E-state index in [2.05, 4.69) is 4.98 Å². The number of nitrogens with one attached hydrogen (secondary N) is 1. The zero-order valence-electron chi connectivity index (χ0n) is 10.0. The largest absolute Gasteiger partial charge is 0.477 e. The fourth-order valence-corrected chi connectivity index (χ4v) is 1.40. The van der Waals surface area contributed by atoms with Crippen LogP contribution in [0.2, 0.25) is 0 Å². The summed E-state index contributed by atoms with van der Waals surface area (Å²) < 4.78 is 41.3. The number of ether oxygens (including phenoxy) is 1. The molecule has 0 aromatic carbocycles. The van der Waals surface area contributed by atoms with Crippen molar-refractivity contribution in [3.05, 3.63) is 23.9 Å². The summed E-state index contributed by atoms with van der Waals surface area (Å²) >= 11 is 0. The minimum Gasteiger partial charge on any atom is -0.477 e. The molecule has 0 saturated heterocycles. The Labute approximate surface area is 108 Å². The molecule has 1 fully saturated rings. The van der Waals surface area contributed by atoms with Crippen molar-refractivity contribution in [3.63, 3.8) is 0 Å². The van der Waals surface area contributed by atoms with Gasteiger partial charge in [0.05, 0.1) is 6.61 Å². The Morgan fingerprint density at radius 2 is 2.21 bits per heavy atom. The lowest BCUT2D eigenvalue weighted by molar-refractivity contribution is -0.123. The lowest BCUT2D eigenvalue weighted by Gasteiger charge is -2.09. The van der Waals surface area contributed by atoms with Crippen LogP contribution in [0.4, 0.5) is 13.2 Å². The highest BCUT2D eigenvalue weighted by molar-refractivity contribution is 5.94. The lowest BCUT2D eigenvalue weighted by atomic mass is 10.2. The van der Waals surface area contributed by atoms with E-state index in [9.17, 15) is 18.0 Å². The number of pyridine rings is 1. The molecular weight excluding hydrogens is 261 g/mol. The SMILES string of the molecule is O=C(NCC(F)(F)F)c1ccnc(OCC2CC2)c1. The standard InChI is InChI=1S/C12H13F3N2O2/c13-12(14,15)7-17-11(18)9-3-4-16-10(5-9)19-6-8-1-2-8/h3-5,8H,1-2,6-7H2,(H,17,18). The number of halogens is 3. The summed E-state index contributed by atoms with van der Waals surface area (Å²) in [5.41, 5.74) is 0.102. The number of carbonyl (C=O) groups is 1. The van der Waals surface area contributed by atoms with Gasteiger partial charge in [-0.3, -0.25) is 4.79 Å². The van der Waals surface area contributed by atoms with E-state index in [-0.39, 0.29) is 11.4 Å². The quantitative estimate of drug-likeness (QED) is 0.895. The van der Waals surface area contributed by atoms with Gasteiger partial charge in [0, 0.05) is 17.8 Å². The molecule has 4 nitrogen and oxygen atoms in total. The number of rotatable bonds is 5. The summed E-state index contributed by atoms with van der Waals surface area (Å²) in [6, 6.07) is 2.68.